The van der Waals surface area contributed by atoms with Crippen molar-refractivity contribution in [3.05, 3.63) is 31.0 Å². The minimum Gasteiger partial charge on any atom is -0.358 e. The molecule has 0 fully saturated rings. The van der Waals surface area contributed by atoms with E-state index in [9.17, 15) is 14.9 Å². The number of halogens is 1. The van der Waals surface area contributed by atoms with E-state index in [1.54, 1.807) is 14.1 Å². The maximum Gasteiger partial charge on any atom is 0.311 e. The summed E-state index contributed by atoms with van der Waals surface area (Å²) in [4.78, 5) is 23.3. The van der Waals surface area contributed by atoms with E-state index in [1.165, 1.54) is 22.6 Å². The first kappa shape index (κ1) is 11.7. The Morgan fingerprint density at radius 3 is 2.47 bits per heavy atom. The van der Waals surface area contributed by atoms with Crippen molar-refractivity contribution in [3.8, 4) is 0 Å². The zero-order valence-electron chi connectivity index (χ0n) is 8.52. The molecule has 0 saturated heterocycles. The van der Waals surface area contributed by atoms with E-state index < -0.39 is 4.92 Å². The molecule has 0 aromatic carbocycles. The van der Waals surface area contributed by atoms with Crippen LogP contribution in [0.4, 0.5) is 11.5 Å². The molecule has 0 bridgehead atoms. The van der Waals surface area contributed by atoms with Crippen molar-refractivity contribution in [2.24, 2.45) is 7.05 Å². The first-order valence-electron chi connectivity index (χ1n) is 4.07. The molecular formula is C8H10BrN3O3. The van der Waals surface area contributed by atoms with E-state index >= 15 is 0 Å². The van der Waals surface area contributed by atoms with E-state index in [4.69, 9.17) is 0 Å². The van der Waals surface area contributed by atoms with E-state index in [-0.39, 0.29) is 21.5 Å². The van der Waals surface area contributed by atoms with E-state index in [0.29, 0.717) is 0 Å². The van der Waals surface area contributed by atoms with Gasteiger partial charge in [-0.25, -0.2) is 0 Å². The zero-order chi connectivity index (χ0) is 11.7. The third-order valence-corrected chi connectivity index (χ3v) is 2.51. The second-order valence-electron chi connectivity index (χ2n) is 3.22. The molecule has 0 N–H and O–H groups in total. The van der Waals surface area contributed by atoms with Gasteiger partial charge in [-0.15, -0.1) is 0 Å². The van der Waals surface area contributed by atoms with Crippen LogP contribution in [0.25, 0.3) is 0 Å². The molecule has 0 aliphatic rings. The lowest BCUT2D eigenvalue weighted by Crippen LogP contribution is -2.26. The van der Waals surface area contributed by atoms with Crippen LogP contribution in [0.3, 0.4) is 0 Å². The highest BCUT2D eigenvalue weighted by Crippen LogP contribution is 2.26. The summed E-state index contributed by atoms with van der Waals surface area (Å²) in [6, 6.07) is 1.22. The molecule has 0 unspecified atom stereocenters. The molecule has 1 heterocycles. The van der Waals surface area contributed by atoms with Crippen LogP contribution in [0.2, 0.25) is 0 Å². The Labute approximate surface area is 94.4 Å². The van der Waals surface area contributed by atoms with Crippen LogP contribution in [-0.4, -0.2) is 23.6 Å². The largest absolute Gasteiger partial charge is 0.358 e. The van der Waals surface area contributed by atoms with Crippen LogP contribution in [-0.2, 0) is 7.05 Å². The Morgan fingerprint density at radius 1 is 1.53 bits per heavy atom. The molecule has 1 aromatic rings. The topological polar surface area (TPSA) is 68.4 Å². The summed E-state index contributed by atoms with van der Waals surface area (Å²) in [6.07, 6.45) is 0. The first-order chi connectivity index (χ1) is 6.86. The molecular weight excluding hydrogens is 266 g/mol. The monoisotopic (exact) mass is 275 g/mol. The van der Waals surface area contributed by atoms with Gasteiger partial charge in [0.1, 0.15) is 0 Å². The molecule has 6 nitrogen and oxygen atoms in total. The molecule has 15 heavy (non-hydrogen) atoms. The predicted octanol–water partition coefficient (Wildman–Crippen LogP) is 1.12. The van der Waals surface area contributed by atoms with Gasteiger partial charge < -0.3 is 4.90 Å². The Bertz CT molecular complexity index is 467. The van der Waals surface area contributed by atoms with Crippen molar-refractivity contribution in [2.75, 3.05) is 19.0 Å². The molecule has 1 aromatic heterocycles. The molecule has 7 heteroatoms. The molecule has 0 atom stereocenters. The number of nitrogens with zero attached hydrogens (tertiary/aromatic N) is 3. The normalized spacial score (nSPS) is 10.1. The van der Waals surface area contributed by atoms with E-state index in [1.807, 2.05) is 0 Å². The molecule has 0 aliphatic carbocycles. The molecule has 1 rings (SSSR count). The van der Waals surface area contributed by atoms with Crippen molar-refractivity contribution in [2.45, 2.75) is 0 Å². The lowest BCUT2D eigenvalue weighted by atomic mass is 10.3. The van der Waals surface area contributed by atoms with Crippen LogP contribution in [0.15, 0.2) is 15.3 Å². The average molecular weight is 276 g/mol. The van der Waals surface area contributed by atoms with Crippen molar-refractivity contribution >= 4 is 27.4 Å². The molecule has 0 amide bonds. The molecule has 0 saturated carbocycles. The quantitative estimate of drug-likeness (QED) is 0.599. The third-order valence-electron chi connectivity index (χ3n) is 1.94. The zero-order valence-corrected chi connectivity index (χ0v) is 10.1. The molecule has 0 aliphatic heterocycles. The summed E-state index contributed by atoms with van der Waals surface area (Å²) in [5.41, 5.74) is -0.404. The second kappa shape index (κ2) is 4.01. The number of pyridine rings is 1. The van der Waals surface area contributed by atoms with Gasteiger partial charge in [-0.1, -0.05) is 0 Å². The molecule has 0 radical (unpaired) electrons. The smallest absolute Gasteiger partial charge is 0.311 e. The van der Waals surface area contributed by atoms with Gasteiger partial charge in [0.05, 0.1) is 9.40 Å². The summed E-state index contributed by atoms with van der Waals surface area (Å²) in [7, 11) is 4.79. The van der Waals surface area contributed by atoms with Crippen molar-refractivity contribution in [1.29, 1.82) is 0 Å². The minimum atomic E-state index is -0.514. The Kier molecular flexibility index (Phi) is 3.13. The Hall–Kier alpha value is -1.37. The van der Waals surface area contributed by atoms with E-state index in [0.717, 1.165) is 0 Å². The summed E-state index contributed by atoms with van der Waals surface area (Å²) < 4.78 is 1.42. The maximum atomic E-state index is 11.5. The van der Waals surface area contributed by atoms with Gasteiger partial charge in [0, 0.05) is 27.2 Å². The summed E-state index contributed by atoms with van der Waals surface area (Å²) in [5.74, 6) is 0.271. The summed E-state index contributed by atoms with van der Waals surface area (Å²) >= 11 is 2.99. The second-order valence-corrected chi connectivity index (χ2v) is 4.07. The number of hydrogen-bond donors (Lipinski definition) is 0. The third kappa shape index (κ3) is 2.01. The summed E-state index contributed by atoms with van der Waals surface area (Å²) in [5, 5.41) is 10.8. The number of hydrogen-bond acceptors (Lipinski definition) is 4. The SMILES string of the molecule is CN(C)c1c([N+](=O)[O-])cc(Br)c(=O)n1C. The Morgan fingerprint density at radius 2 is 2.07 bits per heavy atom. The standard InChI is InChI=1S/C8H10BrN3O3/c1-10(2)7-6(12(14)15)4-5(9)8(13)11(7)3/h4H,1-3H3. The van der Waals surface area contributed by atoms with Crippen LogP contribution < -0.4 is 10.5 Å². The number of anilines is 1. The van der Waals surface area contributed by atoms with Crippen LogP contribution >= 0.6 is 15.9 Å². The minimum absolute atomic E-state index is 0.103. The van der Waals surface area contributed by atoms with Crippen LogP contribution in [0, 0.1) is 10.1 Å². The van der Waals surface area contributed by atoms with Gasteiger partial charge in [-0.05, 0) is 15.9 Å². The highest BCUT2D eigenvalue weighted by molar-refractivity contribution is 9.10. The predicted molar refractivity (Wildman–Crippen MR) is 60.4 cm³/mol. The van der Waals surface area contributed by atoms with Crippen molar-refractivity contribution in [1.82, 2.24) is 4.57 Å². The van der Waals surface area contributed by atoms with Crippen molar-refractivity contribution in [3.63, 3.8) is 0 Å². The fourth-order valence-electron chi connectivity index (χ4n) is 1.34. The van der Waals surface area contributed by atoms with Gasteiger partial charge in [-0.3, -0.25) is 19.5 Å². The number of rotatable bonds is 2. The van der Waals surface area contributed by atoms with Gasteiger partial charge in [0.2, 0.25) is 0 Å². The molecule has 82 valence electrons. The van der Waals surface area contributed by atoms with Gasteiger partial charge in [-0.2, -0.15) is 0 Å². The van der Waals surface area contributed by atoms with Crippen LogP contribution in [0.5, 0.6) is 0 Å². The number of aromatic nitrogens is 1. The van der Waals surface area contributed by atoms with Crippen molar-refractivity contribution < 1.29 is 4.92 Å². The Balaban J connectivity index is 3.66. The van der Waals surface area contributed by atoms with Gasteiger partial charge in [0.25, 0.3) is 5.56 Å². The average Bonchev–Trinajstić information content (AvgIpc) is 2.12. The lowest BCUT2D eigenvalue weighted by molar-refractivity contribution is -0.384. The lowest BCUT2D eigenvalue weighted by Gasteiger charge is -2.16. The number of nitro groups is 1. The first-order valence-corrected chi connectivity index (χ1v) is 4.86. The molecule has 0 spiro atoms. The fraction of sp³-hybridized carbons (Fsp3) is 0.375. The highest BCUT2D eigenvalue weighted by atomic mass is 79.9. The van der Waals surface area contributed by atoms with Crippen LogP contribution in [0.1, 0.15) is 0 Å². The van der Waals surface area contributed by atoms with Gasteiger partial charge >= 0.3 is 5.69 Å². The fourth-order valence-corrected chi connectivity index (χ4v) is 1.82. The maximum absolute atomic E-state index is 11.5. The van der Waals surface area contributed by atoms with E-state index in [2.05, 4.69) is 15.9 Å². The summed E-state index contributed by atoms with van der Waals surface area (Å²) in [6.45, 7) is 0. The highest BCUT2D eigenvalue weighted by Gasteiger charge is 2.21. The van der Waals surface area contributed by atoms with Gasteiger partial charge in [0.15, 0.2) is 5.82 Å².